The second-order valence-electron chi connectivity index (χ2n) is 7.48. The molecule has 0 spiro atoms. The van der Waals surface area contributed by atoms with Crippen LogP contribution in [0.15, 0.2) is 18.2 Å². The van der Waals surface area contributed by atoms with E-state index < -0.39 is 27.7 Å². The van der Waals surface area contributed by atoms with Crippen LogP contribution in [0.2, 0.25) is 0 Å². The van der Waals surface area contributed by atoms with Crippen molar-refractivity contribution in [1.29, 1.82) is 0 Å². The average molecular weight is 380 g/mol. The number of sulfone groups is 1. The maximum atomic E-state index is 13.8. The predicted molar refractivity (Wildman–Crippen MR) is 92.8 cm³/mol. The number of carbonyl (C=O) groups is 2. The maximum Gasteiger partial charge on any atom is 0.254 e. The van der Waals surface area contributed by atoms with Crippen LogP contribution in [0.4, 0.5) is 4.39 Å². The van der Waals surface area contributed by atoms with E-state index in [0.717, 1.165) is 12.8 Å². The zero-order valence-electron chi connectivity index (χ0n) is 14.5. The monoisotopic (exact) mass is 380 g/mol. The molecule has 2 amide bonds. The number of hydrogen-bond donors (Lipinski definition) is 0. The lowest BCUT2D eigenvalue weighted by atomic mass is 10.0. The highest BCUT2D eigenvalue weighted by molar-refractivity contribution is 7.91. The first-order valence-corrected chi connectivity index (χ1v) is 10.7. The normalized spacial score (nSPS) is 27.3. The Morgan fingerprint density at radius 2 is 1.69 bits per heavy atom. The number of carbonyl (C=O) groups excluding carboxylic acids is 2. The van der Waals surface area contributed by atoms with Crippen molar-refractivity contribution in [2.45, 2.75) is 31.8 Å². The number of amides is 2. The van der Waals surface area contributed by atoms with Crippen molar-refractivity contribution < 1.29 is 22.4 Å². The van der Waals surface area contributed by atoms with Gasteiger partial charge in [-0.1, -0.05) is 6.07 Å². The van der Waals surface area contributed by atoms with Crippen molar-refractivity contribution in [3.05, 3.63) is 35.1 Å². The van der Waals surface area contributed by atoms with Crippen LogP contribution in [0.5, 0.6) is 0 Å². The number of halogens is 1. The topological polar surface area (TPSA) is 74.8 Å². The van der Waals surface area contributed by atoms with E-state index in [1.807, 2.05) is 0 Å². The molecule has 2 heterocycles. The van der Waals surface area contributed by atoms with E-state index in [4.69, 9.17) is 0 Å². The number of rotatable bonds is 2. The molecule has 2 saturated heterocycles. The Balaban J connectivity index is 1.62. The van der Waals surface area contributed by atoms with E-state index in [9.17, 15) is 22.4 Å². The highest BCUT2D eigenvalue weighted by Gasteiger charge is 2.51. The van der Waals surface area contributed by atoms with E-state index in [-0.39, 0.29) is 41.3 Å². The molecule has 2 atom stereocenters. The van der Waals surface area contributed by atoms with Gasteiger partial charge in [-0.05, 0) is 37.5 Å². The SMILES string of the molecule is Cc1ccc(C(=O)N2CCN(C(=O)C3CC3)C3CS(=O)(=O)CC32)cc1F. The van der Waals surface area contributed by atoms with Crippen molar-refractivity contribution >= 4 is 21.7 Å². The Morgan fingerprint density at radius 3 is 2.31 bits per heavy atom. The lowest BCUT2D eigenvalue weighted by Crippen LogP contribution is -2.62. The van der Waals surface area contributed by atoms with Gasteiger partial charge in [0.2, 0.25) is 5.91 Å². The summed E-state index contributed by atoms with van der Waals surface area (Å²) in [6, 6.07) is 3.23. The van der Waals surface area contributed by atoms with Gasteiger partial charge < -0.3 is 9.80 Å². The second kappa shape index (κ2) is 6.04. The fraction of sp³-hybridized carbons (Fsp3) is 0.556. The smallest absolute Gasteiger partial charge is 0.254 e. The van der Waals surface area contributed by atoms with Crippen molar-refractivity contribution in [3.8, 4) is 0 Å². The summed E-state index contributed by atoms with van der Waals surface area (Å²) < 4.78 is 38.3. The van der Waals surface area contributed by atoms with Gasteiger partial charge in [0.05, 0.1) is 23.6 Å². The number of aryl methyl sites for hydroxylation is 1. The van der Waals surface area contributed by atoms with Gasteiger partial charge in [-0.25, -0.2) is 12.8 Å². The molecule has 26 heavy (non-hydrogen) atoms. The standard InChI is InChI=1S/C18H21FN2O4S/c1-11-2-3-13(8-14(11)19)18(23)21-7-6-20(17(22)12-4-5-12)15-9-26(24,25)10-16(15)21/h2-3,8,12,15-16H,4-7,9-10H2,1H3. The summed E-state index contributed by atoms with van der Waals surface area (Å²) >= 11 is 0. The Hall–Kier alpha value is -1.96. The highest BCUT2D eigenvalue weighted by Crippen LogP contribution is 2.35. The van der Waals surface area contributed by atoms with Gasteiger partial charge in [-0.15, -0.1) is 0 Å². The molecule has 3 aliphatic rings. The molecule has 6 nitrogen and oxygen atoms in total. The lowest BCUT2D eigenvalue weighted by molar-refractivity contribution is -0.137. The first-order chi connectivity index (χ1) is 12.3. The summed E-state index contributed by atoms with van der Waals surface area (Å²) in [5.74, 6) is -1.09. The molecule has 8 heteroatoms. The van der Waals surface area contributed by atoms with Gasteiger partial charge in [0.25, 0.3) is 5.91 Å². The zero-order chi connectivity index (χ0) is 18.6. The summed E-state index contributed by atoms with van der Waals surface area (Å²) in [6.45, 7) is 2.21. The minimum Gasteiger partial charge on any atom is -0.335 e. The van der Waals surface area contributed by atoms with Crippen molar-refractivity contribution in [2.24, 2.45) is 5.92 Å². The van der Waals surface area contributed by atoms with Crippen LogP contribution in [0.25, 0.3) is 0 Å². The molecule has 1 aromatic carbocycles. The van der Waals surface area contributed by atoms with Crippen LogP contribution in [0.1, 0.15) is 28.8 Å². The summed E-state index contributed by atoms with van der Waals surface area (Å²) in [5, 5.41) is 0. The van der Waals surface area contributed by atoms with Gasteiger partial charge in [0.1, 0.15) is 5.82 Å². The second-order valence-corrected chi connectivity index (χ2v) is 9.63. The largest absolute Gasteiger partial charge is 0.335 e. The van der Waals surface area contributed by atoms with Crippen LogP contribution >= 0.6 is 0 Å². The third-order valence-electron chi connectivity index (χ3n) is 5.57. The quantitative estimate of drug-likeness (QED) is 0.767. The molecule has 1 aromatic rings. The highest BCUT2D eigenvalue weighted by atomic mass is 32.2. The minimum atomic E-state index is -3.33. The van der Waals surface area contributed by atoms with E-state index >= 15 is 0 Å². The molecule has 140 valence electrons. The Labute approximate surface area is 151 Å². The molecular formula is C18H21FN2O4S. The van der Waals surface area contributed by atoms with Gasteiger partial charge >= 0.3 is 0 Å². The van der Waals surface area contributed by atoms with Crippen molar-refractivity contribution in [1.82, 2.24) is 9.80 Å². The molecule has 1 aliphatic carbocycles. The van der Waals surface area contributed by atoms with Crippen LogP contribution < -0.4 is 0 Å². The zero-order valence-corrected chi connectivity index (χ0v) is 15.3. The molecule has 4 rings (SSSR count). The number of nitrogens with zero attached hydrogens (tertiary/aromatic N) is 2. The fourth-order valence-electron chi connectivity index (χ4n) is 3.94. The maximum absolute atomic E-state index is 13.8. The summed E-state index contributed by atoms with van der Waals surface area (Å²) in [7, 11) is -3.33. The summed E-state index contributed by atoms with van der Waals surface area (Å²) in [6.07, 6.45) is 1.70. The van der Waals surface area contributed by atoms with E-state index in [1.54, 1.807) is 17.9 Å². The average Bonchev–Trinajstić information content (AvgIpc) is 3.37. The van der Waals surface area contributed by atoms with Gasteiger partial charge in [0, 0.05) is 24.6 Å². The van der Waals surface area contributed by atoms with Gasteiger partial charge in [0.15, 0.2) is 9.84 Å². The van der Waals surface area contributed by atoms with Crippen molar-refractivity contribution in [2.75, 3.05) is 24.6 Å². The molecule has 3 fully saturated rings. The van der Waals surface area contributed by atoms with E-state index in [1.165, 1.54) is 17.0 Å². The Morgan fingerprint density at radius 1 is 1.08 bits per heavy atom. The van der Waals surface area contributed by atoms with E-state index in [2.05, 4.69) is 0 Å². The Bertz CT molecular complexity index is 881. The molecule has 0 radical (unpaired) electrons. The molecule has 1 saturated carbocycles. The molecular weight excluding hydrogens is 359 g/mol. The van der Waals surface area contributed by atoms with Crippen LogP contribution in [0.3, 0.4) is 0 Å². The predicted octanol–water partition coefficient (Wildman–Crippen LogP) is 0.994. The van der Waals surface area contributed by atoms with E-state index in [0.29, 0.717) is 12.1 Å². The van der Waals surface area contributed by atoms with Crippen molar-refractivity contribution in [3.63, 3.8) is 0 Å². The number of fused-ring (bicyclic) bond motifs is 1. The van der Waals surface area contributed by atoms with Gasteiger partial charge in [-0.3, -0.25) is 9.59 Å². The summed E-state index contributed by atoms with van der Waals surface area (Å²) in [4.78, 5) is 28.6. The Kier molecular flexibility index (Phi) is 4.06. The van der Waals surface area contributed by atoms with Crippen LogP contribution in [-0.4, -0.2) is 66.7 Å². The molecule has 0 N–H and O–H groups in total. The molecule has 0 aromatic heterocycles. The number of benzene rings is 1. The number of piperazine rings is 1. The molecule has 2 unspecified atom stereocenters. The fourth-order valence-corrected chi connectivity index (χ4v) is 5.92. The van der Waals surface area contributed by atoms with Gasteiger partial charge in [-0.2, -0.15) is 0 Å². The number of hydrogen-bond acceptors (Lipinski definition) is 4. The lowest BCUT2D eigenvalue weighted by Gasteiger charge is -2.44. The first-order valence-electron chi connectivity index (χ1n) is 8.85. The molecule has 0 bridgehead atoms. The summed E-state index contributed by atoms with van der Waals surface area (Å²) in [5.41, 5.74) is 0.654. The van der Waals surface area contributed by atoms with Crippen LogP contribution in [0, 0.1) is 18.7 Å². The first kappa shape index (κ1) is 17.5. The third-order valence-corrected chi connectivity index (χ3v) is 7.26. The minimum absolute atomic E-state index is 0.00517. The van der Waals surface area contributed by atoms with Crippen LogP contribution in [-0.2, 0) is 14.6 Å². The molecule has 2 aliphatic heterocycles. The third kappa shape index (κ3) is 3.00.